The van der Waals surface area contributed by atoms with E-state index in [0.717, 1.165) is 6.04 Å². The lowest BCUT2D eigenvalue weighted by Crippen LogP contribution is -2.30. The van der Waals surface area contributed by atoms with Crippen LogP contribution in [-0.2, 0) is 0 Å². The van der Waals surface area contributed by atoms with Crippen molar-refractivity contribution in [3.8, 4) is 0 Å². The molecule has 1 saturated heterocycles. The van der Waals surface area contributed by atoms with Gasteiger partial charge in [0.2, 0.25) is 0 Å². The zero-order valence-electron chi connectivity index (χ0n) is 8.13. The summed E-state index contributed by atoms with van der Waals surface area (Å²) in [5.74, 6) is 2.59. The number of hydrogen-bond donors (Lipinski definition) is 1. The first kappa shape index (κ1) is 11.0. The molecule has 0 aromatic carbocycles. The third-order valence-corrected chi connectivity index (χ3v) is 5.40. The minimum Gasteiger partial charge on any atom is -0.306 e. The predicted octanol–water partition coefficient (Wildman–Crippen LogP) is 3.67. The standard InChI is InChI=1S/C10H14BrNS2/c1-7(9-2-3-10(11)14-9)12-8-4-5-13-6-8/h2-3,7-8,12H,4-6H2,1H3. The van der Waals surface area contributed by atoms with Gasteiger partial charge < -0.3 is 5.32 Å². The van der Waals surface area contributed by atoms with Crippen molar-refractivity contribution in [1.29, 1.82) is 0 Å². The lowest BCUT2D eigenvalue weighted by atomic mass is 10.2. The molecule has 2 atom stereocenters. The summed E-state index contributed by atoms with van der Waals surface area (Å²) in [5, 5.41) is 3.68. The number of halogens is 1. The van der Waals surface area contributed by atoms with Crippen LogP contribution >= 0.6 is 39.0 Å². The molecule has 0 saturated carbocycles. The summed E-state index contributed by atoms with van der Waals surface area (Å²) in [7, 11) is 0. The van der Waals surface area contributed by atoms with Crippen LogP contribution in [0.3, 0.4) is 0 Å². The van der Waals surface area contributed by atoms with E-state index < -0.39 is 0 Å². The van der Waals surface area contributed by atoms with Crippen molar-refractivity contribution in [2.75, 3.05) is 11.5 Å². The van der Waals surface area contributed by atoms with Crippen molar-refractivity contribution in [3.63, 3.8) is 0 Å². The summed E-state index contributed by atoms with van der Waals surface area (Å²) in [6.45, 7) is 2.25. The monoisotopic (exact) mass is 291 g/mol. The average molecular weight is 292 g/mol. The Bertz CT molecular complexity index is 294. The van der Waals surface area contributed by atoms with E-state index in [-0.39, 0.29) is 0 Å². The molecule has 0 bridgehead atoms. The fourth-order valence-corrected chi connectivity index (χ4v) is 4.26. The maximum Gasteiger partial charge on any atom is 0.0701 e. The zero-order chi connectivity index (χ0) is 9.97. The van der Waals surface area contributed by atoms with Crippen LogP contribution in [0.4, 0.5) is 0 Å². The maximum atomic E-state index is 3.68. The Morgan fingerprint density at radius 3 is 3.00 bits per heavy atom. The molecule has 0 spiro atoms. The van der Waals surface area contributed by atoms with Gasteiger partial charge in [-0.25, -0.2) is 0 Å². The fourth-order valence-electron chi connectivity index (χ4n) is 1.66. The third-order valence-electron chi connectivity index (χ3n) is 2.44. The molecular formula is C10H14BrNS2. The van der Waals surface area contributed by atoms with Gasteiger partial charge in [0.25, 0.3) is 0 Å². The van der Waals surface area contributed by atoms with Crippen molar-refractivity contribution >= 4 is 39.0 Å². The van der Waals surface area contributed by atoms with Crippen LogP contribution in [-0.4, -0.2) is 17.5 Å². The Hall–Kier alpha value is 0.490. The van der Waals surface area contributed by atoms with Gasteiger partial charge >= 0.3 is 0 Å². The van der Waals surface area contributed by atoms with Crippen LogP contribution in [0.1, 0.15) is 24.3 Å². The predicted molar refractivity (Wildman–Crippen MR) is 69.3 cm³/mol. The van der Waals surface area contributed by atoms with Gasteiger partial charge in [0, 0.05) is 22.7 Å². The zero-order valence-corrected chi connectivity index (χ0v) is 11.3. The molecule has 14 heavy (non-hydrogen) atoms. The minimum atomic E-state index is 0.495. The molecule has 0 amide bonds. The summed E-state index contributed by atoms with van der Waals surface area (Å²) >= 11 is 7.38. The third kappa shape index (κ3) is 2.75. The Morgan fingerprint density at radius 1 is 1.57 bits per heavy atom. The van der Waals surface area contributed by atoms with Crippen LogP contribution < -0.4 is 5.32 Å². The molecular weight excluding hydrogens is 278 g/mol. The minimum absolute atomic E-state index is 0.495. The number of thiophene rings is 1. The average Bonchev–Trinajstić information content (AvgIpc) is 2.75. The smallest absolute Gasteiger partial charge is 0.0701 e. The van der Waals surface area contributed by atoms with Crippen molar-refractivity contribution in [3.05, 3.63) is 20.8 Å². The number of hydrogen-bond acceptors (Lipinski definition) is 3. The lowest BCUT2D eigenvalue weighted by molar-refractivity contribution is 0.491. The largest absolute Gasteiger partial charge is 0.306 e. The highest BCUT2D eigenvalue weighted by molar-refractivity contribution is 9.11. The first-order chi connectivity index (χ1) is 6.75. The molecule has 1 N–H and O–H groups in total. The molecule has 1 aliphatic rings. The van der Waals surface area contributed by atoms with Crippen molar-refractivity contribution in [2.24, 2.45) is 0 Å². The highest BCUT2D eigenvalue weighted by Crippen LogP contribution is 2.28. The van der Waals surface area contributed by atoms with E-state index in [1.54, 1.807) is 0 Å². The number of rotatable bonds is 3. The summed E-state index contributed by atoms with van der Waals surface area (Å²) < 4.78 is 1.22. The first-order valence-electron chi connectivity index (χ1n) is 4.85. The van der Waals surface area contributed by atoms with E-state index in [4.69, 9.17) is 0 Å². The summed E-state index contributed by atoms with van der Waals surface area (Å²) in [4.78, 5) is 1.42. The highest BCUT2D eigenvalue weighted by atomic mass is 79.9. The molecule has 0 radical (unpaired) electrons. The van der Waals surface area contributed by atoms with Gasteiger partial charge in [0.15, 0.2) is 0 Å². The second kappa shape index (κ2) is 5.01. The molecule has 2 rings (SSSR count). The fraction of sp³-hybridized carbons (Fsp3) is 0.600. The van der Waals surface area contributed by atoms with Crippen molar-refractivity contribution < 1.29 is 0 Å². The maximum absolute atomic E-state index is 3.68. The molecule has 1 aliphatic heterocycles. The van der Waals surface area contributed by atoms with E-state index in [1.165, 1.54) is 26.6 Å². The van der Waals surface area contributed by atoms with Crippen LogP contribution in [0.15, 0.2) is 15.9 Å². The molecule has 2 unspecified atom stereocenters. The summed E-state index contributed by atoms with van der Waals surface area (Å²) in [6.07, 6.45) is 1.32. The van der Waals surface area contributed by atoms with Crippen LogP contribution in [0.25, 0.3) is 0 Å². The Kier molecular flexibility index (Phi) is 3.93. The van der Waals surface area contributed by atoms with Crippen molar-refractivity contribution in [1.82, 2.24) is 5.32 Å². The first-order valence-corrected chi connectivity index (χ1v) is 7.61. The Balaban J connectivity index is 1.91. The molecule has 1 nitrogen and oxygen atoms in total. The number of nitrogens with one attached hydrogen (secondary N) is 1. The van der Waals surface area contributed by atoms with Gasteiger partial charge in [-0.3, -0.25) is 0 Å². The molecule has 1 aromatic rings. The van der Waals surface area contributed by atoms with E-state index in [0.29, 0.717) is 6.04 Å². The second-order valence-corrected chi connectivity index (χ2v) is 7.24. The van der Waals surface area contributed by atoms with Gasteiger partial charge in [-0.1, -0.05) is 0 Å². The van der Waals surface area contributed by atoms with Crippen LogP contribution in [0.2, 0.25) is 0 Å². The van der Waals surface area contributed by atoms with E-state index >= 15 is 0 Å². The van der Waals surface area contributed by atoms with Gasteiger partial charge in [-0.15, -0.1) is 11.3 Å². The van der Waals surface area contributed by atoms with E-state index in [1.807, 2.05) is 11.3 Å². The van der Waals surface area contributed by atoms with E-state index in [9.17, 15) is 0 Å². The summed E-state index contributed by atoms with van der Waals surface area (Å²) in [6, 6.07) is 5.54. The number of thioether (sulfide) groups is 1. The second-order valence-electron chi connectivity index (χ2n) is 3.59. The van der Waals surface area contributed by atoms with Gasteiger partial charge in [-0.2, -0.15) is 11.8 Å². The summed E-state index contributed by atoms with van der Waals surface area (Å²) in [5.41, 5.74) is 0. The molecule has 78 valence electrons. The van der Waals surface area contributed by atoms with Crippen molar-refractivity contribution in [2.45, 2.75) is 25.4 Å². The topological polar surface area (TPSA) is 12.0 Å². The molecule has 1 aromatic heterocycles. The molecule has 2 heterocycles. The van der Waals surface area contributed by atoms with Gasteiger partial charge in [-0.05, 0) is 47.2 Å². The molecule has 1 fully saturated rings. The SMILES string of the molecule is CC(NC1CCSC1)c1ccc(Br)s1. The highest BCUT2D eigenvalue weighted by Gasteiger charge is 2.18. The Labute approximate surface area is 102 Å². The lowest BCUT2D eigenvalue weighted by Gasteiger charge is -2.17. The van der Waals surface area contributed by atoms with E-state index in [2.05, 4.69) is 52.1 Å². The molecule has 0 aliphatic carbocycles. The van der Waals surface area contributed by atoms with Gasteiger partial charge in [0.05, 0.1) is 3.79 Å². The van der Waals surface area contributed by atoms with Crippen LogP contribution in [0.5, 0.6) is 0 Å². The molecule has 4 heteroatoms. The van der Waals surface area contributed by atoms with Crippen LogP contribution in [0, 0.1) is 0 Å². The normalized spacial score (nSPS) is 24.0. The van der Waals surface area contributed by atoms with Gasteiger partial charge in [0.1, 0.15) is 0 Å². The Morgan fingerprint density at radius 2 is 2.43 bits per heavy atom. The quantitative estimate of drug-likeness (QED) is 0.912.